The van der Waals surface area contributed by atoms with E-state index in [2.05, 4.69) is 34.3 Å². The molecule has 0 unspecified atom stereocenters. The zero-order valence-electron chi connectivity index (χ0n) is 15.1. The number of nitrogens with zero attached hydrogens (tertiary/aromatic N) is 2. The Labute approximate surface area is 161 Å². The van der Waals surface area contributed by atoms with Crippen molar-refractivity contribution in [2.45, 2.75) is 13.0 Å². The van der Waals surface area contributed by atoms with E-state index in [1.54, 1.807) is 0 Å². The van der Waals surface area contributed by atoms with Crippen molar-refractivity contribution in [3.8, 4) is 10.6 Å². The van der Waals surface area contributed by atoms with Crippen LogP contribution in [0.15, 0.2) is 52.6 Å². The molecule has 1 amide bonds. The normalized spacial score (nSPS) is 16.2. The lowest BCUT2D eigenvalue weighted by molar-refractivity contribution is 0.0198. The molecular formula is C20H21N3O3S. The van der Waals surface area contributed by atoms with Gasteiger partial charge in [0.15, 0.2) is 17.8 Å². The van der Waals surface area contributed by atoms with Crippen LogP contribution in [0.1, 0.15) is 29.0 Å². The molecule has 1 aliphatic heterocycles. The smallest absolute Gasteiger partial charge is 0.278 e. The summed E-state index contributed by atoms with van der Waals surface area (Å²) in [5.41, 5.74) is 2.25. The predicted octanol–water partition coefficient (Wildman–Crippen LogP) is 4.05. The molecule has 2 aromatic heterocycles. The number of nitrogens with one attached hydrogen (secondary N) is 1. The van der Waals surface area contributed by atoms with Gasteiger partial charge >= 0.3 is 0 Å². The first-order valence-electron chi connectivity index (χ1n) is 8.93. The van der Waals surface area contributed by atoms with E-state index in [1.165, 1.54) is 23.3 Å². The summed E-state index contributed by atoms with van der Waals surface area (Å²) >= 11 is 1.51. The lowest BCUT2D eigenvalue weighted by Crippen LogP contribution is -2.37. The summed E-state index contributed by atoms with van der Waals surface area (Å²) in [6.45, 7) is 5.64. The summed E-state index contributed by atoms with van der Waals surface area (Å²) in [6, 6.07) is 12.1. The molecule has 1 fully saturated rings. The van der Waals surface area contributed by atoms with Gasteiger partial charge in [0.2, 0.25) is 0 Å². The number of benzene rings is 1. The largest absolute Gasteiger partial charge is 0.442 e. The molecule has 4 rings (SSSR count). The summed E-state index contributed by atoms with van der Waals surface area (Å²) in [6.07, 6.45) is 1.30. The van der Waals surface area contributed by atoms with E-state index >= 15 is 0 Å². The predicted molar refractivity (Wildman–Crippen MR) is 105 cm³/mol. The van der Waals surface area contributed by atoms with Gasteiger partial charge in [-0.05, 0) is 36.1 Å². The molecule has 140 valence electrons. The summed E-state index contributed by atoms with van der Waals surface area (Å²) < 4.78 is 10.8. The molecule has 0 bridgehead atoms. The first-order chi connectivity index (χ1) is 13.2. The third-order valence-electron chi connectivity index (χ3n) is 4.77. The van der Waals surface area contributed by atoms with Gasteiger partial charge in [-0.3, -0.25) is 9.69 Å². The van der Waals surface area contributed by atoms with Gasteiger partial charge in [0.25, 0.3) is 5.91 Å². The molecule has 0 aliphatic carbocycles. The van der Waals surface area contributed by atoms with Gasteiger partial charge in [0.1, 0.15) is 0 Å². The number of carbonyl (C=O) groups excluding carboxylic acids is 1. The van der Waals surface area contributed by atoms with Crippen molar-refractivity contribution in [1.82, 2.24) is 9.88 Å². The number of hydrogen-bond acceptors (Lipinski definition) is 6. The van der Waals surface area contributed by atoms with E-state index in [-0.39, 0.29) is 5.91 Å². The lowest BCUT2D eigenvalue weighted by atomic mass is 10.1. The molecule has 3 aromatic rings. The van der Waals surface area contributed by atoms with Crippen LogP contribution in [0.3, 0.4) is 0 Å². The minimum absolute atomic E-state index is 0.277. The van der Waals surface area contributed by atoms with Crippen molar-refractivity contribution in [3.63, 3.8) is 0 Å². The number of amides is 1. The molecule has 6 nitrogen and oxygen atoms in total. The SMILES string of the molecule is C[C@H](c1ccc(NC(=O)c2ncoc2-c2cccs2)cc1)N1CCOCC1. The van der Waals surface area contributed by atoms with Gasteiger partial charge in [0, 0.05) is 24.8 Å². The zero-order valence-corrected chi connectivity index (χ0v) is 15.9. The third kappa shape index (κ3) is 3.95. The second kappa shape index (κ2) is 8.04. The third-order valence-corrected chi connectivity index (χ3v) is 5.64. The van der Waals surface area contributed by atoms with Crippen LogP contribution in [0.4, 0.5) is 5.69 Å². The molecule has 1 aromatic carbocycles. The molecule has 0 radical (unpaired) electrons. The first kappa shape index (κ1) is 17.9. The zero-order chi connectivity index (χ0) is 18.6. The molecule has 27 heavy (non-hydrogen) atoms. The van der Waals surface area contributed by atoms with Crippen molar-refractivity contribution >= 4 is 22.9 Å². The Morgan fingerprint density at radius 1 is 1.22 bits per heavy atom. The fraction of sp³-hybridized carbons (Fsp3) is 0.300. The van der Waals surface area contributed by atoms with E-state index in [4.69, 9.17) is 9.15 Å². The Morgan fingerprint density at radius 3 is 2.70 bits per heavy atom. The molecule has 3 heterocycles. The van der Waals surface area contributed by atoms with Crippen molar-refractivity contribution in [2.75, 3.05) is 31.6 Å². The van der Waals surface area contributed by atoms with Crippen LogP contribution in [-0.4, -0.2) is 42.1 Å². The number of rotatable bonds is 5. The Hall–Kier alpha value is -2.48. The maximum atomic E-state index is 12.6. The number of anilines is 1. The summed E-state index contributed by atoms with van der Waals surface area (Å²) in [7, 11) is 0. The van der Waals surface area contributed by atoms with E-state index in [1.807, 2.05) is 29.6 Å². The lowest BCUT2D eigenvalue weighted by Gasteiger charge is -2.32. The summed E-state index contributed by atoms with van der Waals surface area (Å²) in [5.74, 6) is 0.223. The van der Waals surface area contributed by atoms with Crippen molar-refractivity contribution in [2.24, 2.45) is 0 Å². The molecular weight excluding hydrogens is 362 g/mol. The van der Waals surface area contributed by atoms with Crippen LogP contribution in [-0.2, 0) is 4.74 Å². The Kier molecular flexibility index (Phi) is 5.33. The molecule has 1 aliphatic rings. The maximum Gasteiger partial charge on any atom is 0.278 e. The summed E-state index contributed by atoms with van der Waals surface area (Å²) in [4.78, 5) is 20.0. The monoisotopic (exact) mass is 383 g/mol. The number of oxazole rings is 1. The minimum Gasteiger partial charge on any atom is -0.442 e. The summed E-state index contributed by atoms with van der Waals surface area (Å²) in [5, 5.41) is 4.84. The highest BCUT2D eigenvalue weighted by molar-refractivity contribution is 7.13. The van der Waals surface area contributed by atoms with Gasteiger partial charge in [-0.2, -0.15) is 0 Å². The van der Waals surface area contributed by atoms with E-state index in [0.717, 1.165) is 36.9 Å². The van der Waals surface area contributed by atoms with Crippen LogP contribution in [0, 0.1) is 0 Å². The molecule has 1 atom stereocenters. The van der Waals surface area contributed by atoms with E-state index < -0.39 is 0 Å². The Bertz CT molecular complexity index is 884. The van der Waals surface area contributed by atoms with Crippen LogP contribution < -0.4 is 5.32 Å². The molecule has 1 saturated heterocycles. The van der Waals surface area contributed by atoms with Crippen LogP contribution in [0.2, 0.25) is 0 Å². The molecule has 7 heteroatoms. The van der Waals surface area contributed by atoms with Gasteiger partial charge in [0.05, 0.1) is 18.1 Å². The van der Waals surface area contributed by atoms with Gasteiger partial charge in [-0.25, -0.2) is 4.98 Å². The number of carbonyl (C=O) groups is 1. The average molecular weight is 383 g/mol. The van der Waals surface area contributed by atoms with Gasteiger partial charge in [-0.15, -0.1) is 11.3 Å². The van der Waals surface area contributed by atoms with Crippen molar-refractivity contribution in [1.29, 1.82) is 0 Å². The average Bonchev–Trinajstić information content (AvgIpc) is 3.40. The van der Waals surface area contributed by atoms with Crippen molar-refractivity contribution in [3.05, 3.63) is 59.4 Å². The van der Waals surface area contributed by atoms with Crippen LogP contribution in [0.5, 0.6) is 0 Å². The number of morpholine rings is 1. The topological polar surface area (TPSA) is 67.6 Å². The quantitative estimate of drug-likeness (QED) is 0.720. The van der Waals surface area contributed by atoms with Crippen LogP contribution in [0.25, 0.3) is 10.6 Å². The highest BCUT2D eigenvalue weighted by atomic mass is 32.1. The van der Waals surface area contributed by atoms with Crippen LogP contribution >= 0.6 is 11.3 Å². The van der Waals surface area contributed by atoms with E-state index in [9.17, 15) is 4.79 Å². The number of thiophene rings is 1. The fourth-order valence-corrected chi connectivity index (χ4v) is 3.91. The second-order valence-corrected chi connectivity index (χ2v) is 7.36. The highest BCUT2D eigenvalue weighted by Gasteiger charge is 2.20. The Balaban J connectivity index is 1.44. The number of aromatic nitrogens is 1. The standard InChI is InChI=1S/C20H21N3O3S/c1-14(23-8-10-25-11-9-23)15-4-6-16(7-5-15)22-20(24)18-19(26-13-21-18)17-3-2-12-27-17/h2-7,12-14H,8-11H2,1H3,(H,22,24)/t14-/m1/s1. The first-order valence-corrected chi connectivity index (χ1v) is 9.81. The van der Waals surface area contributed by atoms with E-state index in [0.29, 0.717) is 17.5 Å². The highest BCUT2D eigenvalue weighted by Crippen LogP contribution is 2.28. The van der Waals surface area contributed by atoms with Crippen molar-refractivity contribution < 1.29 is 13.9 Å². The number of ether oxygens (including phenoxy) is 1. The van der Waals surface area contributed by atoms with Gasteiger partial charge in [-0.1, -0.05) is 18.2 Å². The fourth-order valence-electron chi connectivity index (χ4n) is 3.20. The Morgan fingerprint density at radius 2 is 2.00 bits per heavy atom. The van der Waals surface area contributed by atoms with Gasteiger partial charge < -0.3 is 14.5 Å². The second-order valence-electron chi connectivity index (χ2n) is 6.41. The molecule has 0 spiro atoms. The minimum atomic E-state index is -0.277. The maximum absolute atomic E-state index is 12.6. The molecule has 1 N–H and O–H groups in total. The number of hydrogen-bond donors (Lipinski definition) is 1. The molecule has 0 saturated carbocycles.